The van der Waals surface area contributed by atoms with Gasteiger partial charge in [-0.2, -0.15) is 0 Å². The van der Waals surface area contributed by atoms with Crippen LogP contribution < -0.4 is 4.74 Å². The van der Waals surface area contributed by atoms with Crippen molar-refractivity contribution in [3.63, 3.8) is 0 Å². The second-order valence-corrected chi connectivity index (χ2v) is 13.1. The van der Waals surface area contributed by atoms with Crippen molar-refractivity contribution in [2.75, 3.05) is 0 Å². The molecule has 4 heteroatoms. The van der Waals surface area contributed by atoms with Crippen LogP contribution in [-0.2, 0) is 0 Å². The number of para-hydroxylation sites is 1. The zero-order valence-corrected chi connectivity index (χ0v) is 26.7. The van der Waals surface area contributed by atoms with E-state index in [9.17, 15) is 0 Å². The van der Waals surface area contributed by atoms with E-state index in [1.54, 1.807) is 0 Å². The van der Waals surface area contributed by atoms with Crippen LogP contribution in [0.1, 0.15) is 35.1 Å². The third-order valence-corrected chi connectivity index (χ3v) is 10.2. The van der Waals surface area contributed by atoms with E-state index in [0.29, 0.717) is 23.4 Å². The van der Waals surface area contributed by atoms with Crippen molar-refractivity contribution in [2.45, 2.75) is 18.4 Å². The van der Waals surface area contributed by atoms with Gasteiger partial charge >= 0.3 is 0 Å². The standard InChI is InChI=1S/C45H31N3O/c1-4-12-31-23-34(20-17-28(31)9-1)37-26-39(42-38-15-7-8-16-40(38)49-41(42)27-37)45-47-43(35-21-18-29-10-2-5-13-32(29)24-35)46-44(48-45)36-22-19-30-11-3-6-14-33(30)25-36/h1-18,20-27,30,41-42H,19H2. The van der Waals surface area contributed by atoms with Crippen LogP contribution in [-0.4, -0.2) is 21.1 Å². The molecular weight excluding hydrogens is 599 g/mol. The Labute approximate surface area is 284 Å². The lowest BCUT2D eigenvalue weighted by Crippen LogP contribution is -2.22. The van der Waals surface area contributed by atoms with E-state index in [1.165, 1.54) is 21.7 Å². The molecule has 0 saturated carbocycles. The average molecular weight is 630 g/mol. The molecule has 0 amide bonds. The van der Waals surface area contributed by atoms with Gasteiger partial charge in [-0.15, -0.1) is 0 Å². The predicted molar refractivity (Wildman–Crippen MR) is 199 cm³/mol. The lowest BCUT2D eigenvalue weighted by atomic mass is 9.80. The summed E-state index contributed by atoms with van der Waals surface area (Å²) in [5.74, 6) is 3.28. The molecular formula is C45H31N3O. The van der Waals surface area contributed by atoms with Crippen LogP contribution in [0.5, 0.6) is 5.75 Å². The van der Waals surface area contributed by atoms with Gasteiger partial charge in [0.05, 0.1) is 5.92 Å². The molecule has 4 aliphatic rings. The number of rotatable bonds is 4. The topological polar surface area (TPSA) is 47.9 Å². The lowest BCUT2D eigenvalue weighted by Gasteiger charge is -2.26. The van der Waals surface area contributed by atoms with E-state index >= 15 is 0 Å². The van der Waals surface area contributed by atoms with E-state index in [4.69, 9.17) is 19.7 Å². The fourth-order valence-corrected chi connectivity index (χ4v) is 7.65. The smallest absolute Gasteiger partial charge is 0.164 e. The molecule has 0 radical (unpaired) electrons. The predicted octanol–water partition coefficient (Wildman–Crippen LogP) is 10.3. The number of aromatic nitrogens is 3. The molecule has 3 unspecified atom stereocenters. The first-order valence-electron chi connectivity index (χ1n) is 16.9. The number of allylic oxidation sites excluding steroid dienone is 10. The number of hydrogen-bond donors (Lipinski definition) is 0. The highest BCUT2D eigenvalue weighted by Crippen LogP contribution is 2.50. The monoisotopic (exact) mass is 629 g/mol. The maximum absolute atomic E-state index is 6.65. The Morgan fingerprint density at radius 3 is 2.12 bits per heavy atom. The average Bonchev–Trinajstić information content (AvgIpc) is 3.55. The van der Waals surface area contributed by atoms with E-state index in [1.807, 2.05) is 6.07 Å². The maximum atomic E-state index is 6.65. The quantitative estimate of drug-likeness (QED) is 0.195. The van der Waals surface area contributed by atoms with Crippen LogP contribution in [0.2, 0.25) is 0 Å². The Kier molecular flexibility index (Phi) is 6.41. The highest BCUT2D eigenvalue weighted by molar-refractivity contribution is 5.93. The minimum atomic E-state index is -0.181. The lowest BCUT2D eigenvalue weighted by molar-refractivity contribution is 0.272. The van der Waals surface area contributed by atoms with Crippen molar-refractivity contribution in [3.05, 3.63) is 186 Å². The number of benzene rings is 5. The Morgan fingerprint density at radius 2 is 1.29 bits per heavy atom. The molecule has 5 aromatic carbocycles. The summed E-state index contributed by atoms with van der Waals surface area (Å²) in [4.78, 5) is 15.7. The Hall–Kier alpha value is -6.13. The summed E-state index contributed by atoms with van der Waals surface area (Å²) in [7, 11) is 0. The molecule has 0 fully saturated rings. The van der Waals surface area contributed by atoms with Crippen molar-refractivity contribution in [3.8, 4) is 17.1 Å². The van der Waals surface area contributed by atoms with Crippen LogP contribution in [0.15, 0.2) is 163 Å². The Balaban J connectivity index is 1.17. The van der Waals surface area contributed by atoms with Gasteiger partial charge < -0.3 is 4.74 Å². The third-order valence-electron chi connectivity index (χ3n) is 10.2. The Bertz CT molecular complexity index is 2530. The molecule has 1 aliphatic heterocycles. The summed E-state index contributed by atoms with van der Waals surface area (Å²) in [5.41, 5.74) is 7.71. The Morgan fingerprint density at radius 1 is 0.592 bits per heavy atom. The van der Waals surface area contributed by atoms with Crippen LogP contribution in [0, 0.1) is 5.92 Å². The van der Waals surface area contributed by atoms with E-state index < -0.39 is 0 Å². The largest absolute Gasteiger partial charge is 0.485 e. The molecule has 4 nitrogen and oxygen atoms in total. The van der Waals surface area contributed by atoms with Crippen molar-refractivity contribution < 1.29 is 4.74 Å². The zero-order chi connectivity index (χ0) is 32.3. The van der Waals surface area contributed by atoms with E-state index in [-0.39, 0.29) is 12.0 Å². The first-order chi connectivity index (χ1) is 24.2. The highest BCUT2D eigenvalue weighted by atomic mass is 16.5. The van der Waals surface area contributed by atoms with Crippen molar-refractivity contribution in [1.82, 2.24) is 15.0 Å². The van der Waals surface area contributed by atoms with Crippen LogP contribution >= 0.6 is 0 Å². The number of fused-ring (bicyclic) bond motifs is 6. The molecule has 6 aromatic rings. The number of nitrogens with zero attached hydrogens (tertiary/aromatic N) is 3. The van der Waals surface area contributed by atoms with Crippen molar-refractivity contribution in [1.29, 1.82) is 0 Å². The fraction of sp³-hybridized carbons (Fsp3) is 0.0889. The molecule has 49 heavy (non-hydrogen) atoms. The summed E-state index contributed by atoms with van der Waals surface area (Å²) in [5, 5.41) is 4.76. The summed E-state index contributed by atoms with van der Waals surface area (Å²) in [6.45, 7) is 0. The van der Waals surface area contributed by atoms with E-state index in [0.717, 1.165) is 51.0 Å². The molecule has 2 heterocycles. The summed E-state index contributed by atoms with van der Waals surface area (Å²) in [6, 6.07) is 38.4. The highest BCUT2D eigenvalue weighted by Gasteiger charge is 2.40. The first kappa shape index (κ1) is 27.9. The molecule has 0 spiro atoms. The van der Waals surface area contributed by atoms with Gasteiger partial charge in [-0.1, -0.05) is 121 Å². The molecule has 0 N–H and O–H groups in total. The van der Waals surface area contributed by atoms with Gasteiger partial charge in [-0.05, 0) is 81.1 Å². The van der Waals surface area contributed by atoms with Gasteiger partial charge in [0.25, 0.3) is 0 Å². The minimum Gasteiger partial charge on any atom is -0.485 e. The second-order valence-electron chi connectivity index (χ2n) is 13.1. The maximum Gasteiger partial charge on any atom is 0.164 e. The van der Waals surface area contributed by atoms with Gasteiger partial charge in [0.1, 0.15) is 11.9 Å². The van der Waals surface area contributed by atoms with Crippen LogP contribution in [0.3, 0.4) is 0 Å². The van der Waals surface area contributed by atoms with Gasteiger partial charge in [0, 0.05) is 28.2 Å². The third kappa shape index (κ3) is 4.87. The minimum absolute atomic E-state index is 0.0467. The first-order valence-corrected chi connectivity index (χ1v) is 16.9. The fourth-order valence-electron chi connectivity index (χ4n) is 7.65. The summed E-state index contributed by atoms with van der Waals surface area (Å²) < 4.78 is 6.65. The number of hydrogen-bond acceptors (Lipinski definition) is 4. The molecule has 1 aromatic heterocycles. The van der Waals surface area contributed by atoms with Crippen molar-refractivity contribution >= 4 is 38.3 Å². The summed E-state index contributed by atoms with van der Waals surface area (Å²) in [6.07, 6.45) is 18.5. The van der Waals surface area contributed by atoms with E-state index in [2.05, 4.69) is 152 Å². The molecule has 0 bridgehead atoms. The van der Waals surface area contributed by atoms with Gasteiger partial charge in [-0.25, -0.2) is 15.0 Å². The zero-order valence-electron chi connectivity index (χ0n) is 26.7. The van der Waals surface area contributed by atoms with Crippen LogP contribution in [0.25, 0.3) is 49.7 Å². The van der Waals surface area contributed by atoms with Crippen LogP contribution in [0.4, 0.5) is 0 Å². The van der Waals surface area contributed by atoms with Crippen molar-refractivity contribution in [2.24, 2.45) is 5.92 Å². The van der Waals surface area contributed by atoms with Gasteiger partial charge in [0.15, 0.2) is 17.5 Å². The molecule has 3 atom stereocenters. The molecule has 10 rings (SSSR count). The number of ether oxygens (including phenoxy) is 1. The summed E-state index contributed by atoms with van der Waals surface area (Å²) >= 11 is 0. The van der Waals surface area contributed by atoms with Gasteiger partial charge in [-0.3, -0.25) is 0 Å². The molecule has 3 aliphatic carbocycles. The molecule has 0 saturated heterocycles. The molecule has 232 valence electrons. The SMILES string of the molecule is C1=CC2=CC(c3nc(C4=CC(c5ccc6ccccc6c5)=CC5Oc6ccccc6C45)nc(-c4ccc5ccccc5c4)n3)=CCC2C=C1. The second kappa shape index (κ2) is 11.2. The van der Waals surface area contributed by atoms with Gasteiger partial charge in [0.2, 0.25) is 0 Å². The normalized spacial score (nSPS) is 20.4.